The molecular formula is C7H14N2O2. The Labute approximate surface area is 66.5 Å². The molecule has 0 aromatic heterocycles. The van der Waals surface area contributed by atoms with Crippen LogP contribution in [-0.4, -0.2) is 23.4 Å². The van der Waals surface area contributed by atoms with Crippen LogP contribution in [0.4, 0.5) is 0 Å². The number of nitroso groups, excluding NO2 is 1. The Balaban J connectivity index is 4.19. The molecular weight excluding hydrogens is 144 g/mol. The molecule has 0 saturated carbocycles. The Hall–Kier alpha value is -0.930. The largest absolute Gasteiger partial charge is 0.300 e. The fourth-order valence-electron chi connectivity index (χ4n) is 0.834. The summed E-state index contributed by atoms with van der Waals surface area (Å²) in [7, 11) is 1.57. The summed E-state index contributed by atoms with van der Waals surface area (Å²) in [6.45, 7) is 5.10. The van der Waals surface area contributed by atoms with Gasteiger partial charge in [0.25, 0.3) is 0 Å². The molecule has 0 atom stereocenters. The number of nitrogens with zero attached hydrogens (tertiary/aromatic N) is 2. The van der Waals surface area contributed by atoms with E-state index in [1.54, 1.807) is 20.9 Å². The molecule has 4 nitrogen and oxygen atoms in total. The molecule has 0 rings (SSSR count). The Morgan fingerprint density at radius 2 is 2.00 bits per heavy atom. The molecule has 0 aromatic carbocycles. The molecule has 0 spiro atoms. The summed E-state index contributed by atoms with van der Waals surface area (Å²) >= 11 is 0. The van der Waals surface area contributed by atoms with Crippen molar-refractivity contribution < 1.29 is 4.79 Å². The van der Waals surface area contributed by atoms with Crippen LogP contribution in [0, 0.1) is 4.91 Å². The van der Waals surface area contributed by atoms with E-state index in [0.29, 0.717) is 6.42 Å². The van der Waals surface area contributed by atoms with Crippen molar-refractivity contribution in [3.8, 4) is 0 Å². The highest BCUT2D eigenvalue weighted by atomic mass is 16.3. The highest BCUT2D eigenvalue weighted by Gasteiger charge is 2.25. The summed E-state index contributed by atoms with van der Waals surface area (Å²) in [4.78, 5) is 20.8. The SMILES string of the molecule is CC(=O)CC(C)(C)N(C)N=O. The van der Waals surface area contributed by atoms with Gasteiger partial charge in [0.05, 0.1) is 10.8 Å². The zero-order valence-electron chi connectivity index (χ0n) is 7.42. The molecule has 11 heavy (non-hydrogen) atoms. The maximum atomic E-state index is 10.7. The molecule has 0 bridgehead atoms. The lowest BCUT2D eigenvalue weighted by atomic mass is 9.98. The molecule has 0 radical (unpaired) electrons. The summed E-state index contributed by atoms with van der Waals surface area (Å²) in [6, 6.07) is 0. The van der Waals surface area contributed by atoms with E-state index >= 15 is 0 Å². The van der Waals surface area contributed by atoms with Gasteiger partial charge in [-0.25, -0.2) is 0 Å². The third kappa shape index (κ3) is 3.11. The summed E-state index contributed by atoms with van der Waals surface area (Å²) in [5.41, 5.74) is -0.465. The van der Waals surface area contributed by atoms with Gasteiger partial charge in [0, 0.05) is 13.5 Å². The third-order valence-corrected chi connectivity index (χ3v) is 1.68. The first-order valence-electron chi connectivity index (χ1n) is 3.46. The number of hydrogen-bond acceptors (Lipinski definition) is 3. The molecule has 0 saturated heterocycles. The van der Waals surface area contributed by atoms with E-state index in [9.17, 15) is 9.70 Å². The molecule has 0 aliphatic rings. The smallest absolute Gasteiger partial charge is 0.132 e. The predicted octanol–water partition coefficient (Wildman–Crippen LogP) is 1.36. The Kier molecular flexibility index (Phi) is 3.17. The van der Waals surface area contributed by atoms with Crippen LogP contribution < -0.4 is 0 Å². The van der Waals surface area contributed by atoms with Crippen LogP contribution in [0.3, 0.4) is 0 Å². The average molecular weight is 158 g/mol. The molecule has 4 heteroatoms. The van der Waals surface area contributed by atoms with Gasteiger partial charge < -0.3 is 0 Å². The minimum absolute atomic E-state index is 0.0606. The van der Waals surface area contributed by atoms with E-state index in [4.69, 9.17) is 0 Å². The van der Waals surface area contributed by atoms with Crippen LogP contribution in [0.25, 0.3) is 0 Å². The van der Waals surface area contributed by atoms with Gasteiger partial charge in [0.15, 0.2) is 0 Å². The fourth-order valence-corrected chi connectivity index (χ4v) is 0.834. The second kappa shape index (κ2) is 3.46. The number of ketones is 1. The first-order valence-corrected chi connectivity index (χ1v) is 3.46. The van der Waals surface area contributed by atoms with Crippen molar-refractivity contribution in [3.05, 3.63) is 4.91 Å². The van der Waals surface area contributed by atoms with Crippen molar-refractivity contribution in [3.63, 3.8) is 0 Å². The molecule has 0 unspecified atom stereocenters. The van der Waals surface area contributed by atoms with Gasteiger partial charge >= 0.3 is 0 Å². The summed E-state index contributed by atoms with van der Waals surface area (Å²) < 4.78 is 0. The molecule has 0 amide bonds. The van der Waals surface area contributed by atoms with E-state index in [2.05, 4.69) is 5.29 Å². The lowest BCUT2D eigenvalue weighted by Gasteiger charge is -2.29. The second-order valence-corrected chi connectivity index (χ2v) is 3.30. The van der Waals surface area contributed by atoms with Crippen LogP contribution in [0.15, 0.2) is 5.29 Å². The molecule has 64 valence electrons. The van der Waals surface area contributed by atoms with Gasteiger partial charge in [0.2, 0.25) is 0 Å². The number of hydrogen-bond donors (Lipinski definition) is 0. The van der Waals surface area contributed by atoms with E-state index in [1.807, 2.05) is 0 Å². The standard InChI is InChI=1S/C7H14N2O2/c1-6(10)5-7(2,3)9(4)8-11/h5H2,1-4H3. The predicted molar refractivity (Wildman–Crippen MR) is 42.9 cm³/mol. The molecule has 0 aliphatic heterocycles. The van der Waals surface area contributed by atoms with Crippen molar-refractivity contribution in [2.45, 2.75) is 32.7 Å². The van der Waals surface area contributed by atoms with Crippen molar-refractivity contribution in [2.75, 3.05) is 7.05 Å². The van der Waals surface area contributed by atoms with Crippen molar-refractivity contribution in [1.29, 1.82) is 0 Å². The first-order chi connectivity index (χ1) is 4.90. The summed E-state index contributed by atoms with van der Waals surface area (Å²) in [5, 5.41) is 4.00. The normalized spacial score (nSPS) is 10.9. The van der Waals surface area contributed by atoms with Crippen LogP contribution in [0.5, 0.6) is 0 Å². The summed E-state index contributed by atoms with van der Waals surface area (Å²) in [5.74, 6) is 0.0606. The van der Waals surface area contributed by atoms with E-state index in [1.165, 1.54) is 11.9 Å². The topological polar surface area (TPSA) is 49.7 Å². The Morgan fingerprint density at radius 3 is 2.27 bits per heavy atom. The van der Waals surface area contributed by atoms with E-state index in [0.717, 1.165) is 0 Å². The number of carbonyl (C=O) groups is 1. The lowest BCUT2D eigenvalue weighted by molar-refractivity contribution is -0.119. The fraction of sp³-hybridized carbons (Fsp3) is 0.857. The average Bonchev–Trinajstić information content (AvgIpc) is 1.83. The minimum Gasteiger partial charge on any atom is -0.300 e. The minimum atomic E-state index is -0.465. The molecule has 0 N–H and O–H groups in total. The third-order valence-electron chi connectivity index (χ3n) is 1.68. The van der Waals surface area contributed by atoms with Gasteiger partial charge in [-0.3, -0.25) is 9.80 Å². The van der Waals surface area contributed by atoms with Crippen LogP contribution in [0.1, 0.15) is 27.2 Å². The molecule has 0 heterocycles. The molecule has 0 aromatic rings. The zero-order chi connectivity index (χ0) is 9.07. The van der Waals surface area contributed by atoms with Gasteiger partial charge in [0.1, 0.15) is 5.78 Å². The van der Waals surface area contributed by atoms with E-state index in [-0.39, 0.29) is 5.78 Å². The van der Waals surface area contributed by atoms with Gasteiger partial charge in [-0.2, -0.15) is 0 Å². The monoisotopic (exact) mass is 158 g/mol. The molecule has 0 aliphatic carbocycles. The quantitative estimate of drug-likeness (QED) is 0.458. The first kappa shape index (κ1) is 10.1. The Bertz CT molecular complexity index is 166. The van der Waals surface area contributed by atoms with Gasteiger partial charge in [-0.05, 0) is 20.8 Å². The lowest BCUT2D eigenvalue weighted by Crippen LogP contribution is -2.38. The van der Waals surface area contributed by atoms with Crippen molar-refractivity contribution in [1.82, 2.24) is 5.01 Å². The maximum Gasteiger partial charge on any atom is 0.132 e. The zero-order valence-corrected chi connectivity index (χ0v) is 7.42. The van der Waals surface area contributed by atoms with Gasteiger partial charge in [-0.15, -0.1) is 4.91 Å². The van der Waals surface area contributed by atoms with E-state index < -0.39 is 5.54 Å². The highest BCUT2D eigenvalue weighted by molar-refractivity contribution is 5.76. The Morgan fingerprint density at radius 1 is 1.55 bits per heavy atom. The van der Waals surface area contributed by atoms with Crippen LogP contribution in [-0.2, 0) is 4.79 Å². The number of rotatable bonds is 4. The van der Waals surface area contributed by atoms with Gasteiger partial charge in [-0.1, -0.05) is 0 Å². The number of carbonyl (C=O) groups excluding carboxylic acids is 1. The maximum absolute atomic E-state index is 10.7. The second-order valence-electron chi connectivity index (χ2n) is 3.30. The number of Topliss-reactive ketones (excluding diaryl/α,β-unsaturated/α-hetero) is 1. The van der Waals surface area contributed by atoms with Crippen molar-refractivity contribution in [2.24, 2.45) is 5.29 Å². The highest BCUT2D eigenvalue weighted by Crippen LogP contribution is 2.16. The molecule has 0 fully saturated rings. The summed E-state index contributed by atoms with van der Waals surface area (Å²) in [6.07, 6.45) is 0.342. The van der Waals surface area contributed by atoms with Crippen LogP contribution in [0.2, 0.25) is 0 Å². The van der Waals surface area contributed by atoms with Crippen LogP contribution >= 0.6 is 0 Å². The van der Waals surface area contributed by atoms with Crippen molar-refractivity contribution >= 4 is 5.78 Å².